The first-order chi connectivity index (χ1) is 11.2. The Balaban J connectivity index is 1.80. The van der Waals surface area contributed by atoms with E-state index >= 15 is 0 Å². The molecule has 3 rings (SSSR count). The maximum absolute atomic E-state index is 12.5. The summed E-state index contributed by atoms with van der Waals surface area (Å²) in [7, 11) is 0. The quantitative estimate of drug-likeness (QED) is 0.762. The van der Waals surface area contributed by atoms with E-state index in [2.05, 4.69) is 10.3 Å². The highest BCUT2D eigenvalue weighted by Crippen LogP contribution is 2.29. The summed E-state index contributed by atoms with van der Waals surface area (Å²) in [6.45, 7) is -0.0197. The molecule has 1 atom stereocenters. The van der Waals surface area contributed by atoms with Crippen molar-refractivity contribution in [3.05, 3.63) is 35.0 Å². The van der Waals surface area contributed by atoms with Gasteiger partial charge in [-0.15, -0.1) is 0 Å². The topological polar surface area (TPSA) is 65.1 Å². The van der Waals surface area contributed by atoms with Crippen LogP contribution in [0.15, 0.2) is 18.2 Å². The fourth-order valence-electron chi connectivity index (χ4n) is 3.29. The number of aliphatic hydroxyl groups excluding tert-OH is 1. The summed E-state index contributed by atoms with van der Waals surface area (Å²) in [5.41, 5.74) is 4.50. The Morgan fingerprint density at radius 2 is 2.22 bits per heavy atom. The number of amides is 1. The standard InChI is InChI=1S/C18H24N2O2S/c1-23-9-8-13(11-21)19-18(22)12-6-7-17-15(10-12)14-4-2-3-5-16(14)20-17/h6-7,10,13,20-21H,2-5,8-9,11H2,1H3,(H,19,22)/t13-/m0/s1. The highest BCUT2D eigenvalue weighted by atomic mass is 32.2. The monoisotopic (exact) mass is 332 g/mol. The van der Waals surface area contributed by atoms with Gasteiger partial charge in [0.05, 0.1) is 12.6 Å². The number of aromatic amines is 1. The average Bonchev–Trinajstić information content (AvgIpc) is 2.96. The van der Waals surface area contributed by atoms with Gasteiger partial charge in [-0.2, -0.15) is 11.8 Å². The molecule has 23 heavy (non-hydrogen) atoms. The molecular formula is C18H24N2O2S. The van der Waals surface area contributed by atoms with E-state index in [-0.39, 0.29) is 18.6 Å². The zero-order valence-electron chi connectivity index (χ0n) is 13.5. The van der Waals surface area contributed by atoms with E-state index < -0.39 is 0 Å². The number of nitrogens with one attached hydrogen (secondary N) is 2. The summed E-state index contributed by atoms with van der Waals surface area (Å²) in [5.74, 6) is 0.827. The molecule has 1 aliphatic carbocycles. The van der Waals surface area contributed by atoms with Gasteiger partial charge in [0.15, 0.2) is 0 Å². The number of aryl methyl sites for hydroxylation is 2. The number of hydrogen-bond donors (Lipinski definition) is 3. The molecule has 1 aromatic carbocycles. The molecule has 5 heteroatoms. The number of benzene rings is 1. The van der Waals surface area contributed by atoms with Gasteiger partial charge in [-0.1, -0.05) is 0 Å². The smallest absolute Gasteiger partial charge is 0.251 e. The third-order valence-corrected chi connectivity index (χ3v) is 5.23. The highest BCUT2D eigenvalue weighted by Gasteiger charge is 2.18. The molecule has 0 saturated carbocycles. The van der Waals surface area contributed by atoms with Crippen LogP contribution in [0.4, 0.5) is 0 Å². The number of carbonyl (C=O) groups excluding carboxylic acids is 1. The van der Waals surface area contributed by atoms with Crippen molar-refractivity contribution < 1.29 is 9.90 Å². The Hall–Kier alpha value is -1.46. The van der Waals surface area contributed by atoms with E-state index in [1.165, 1.54) is 29.5 Å². The van der Waals surface area contributed by atoms with E-state index in [4.69, 9.17) is 0 Å². The van der Waals surface area contributed by atoms with Crippen molar-refractivity contribution in [3.8, 4) is 0 Å². The summed E-state index contributed by atoms with van der Waals surface area (Å²) in [4.78, 5) is 16.0. The molecule has 0 aliphatic heterocycles. The van der Waals surface area contributed by atoms with Crippen LogP contribution in [-0.4, -0.2) is 40.7 Å². The van der Waals surface area contributed by atoms with Crippen molar-refractivity contribution in [2.24, 2.45) is 0 Å². The van der Waals surface area contributed by atoms with Crippen molar-refractivity contribution in [1.82, 2.24) is 10.3 Å². The van der Waals surface area contributed by atoms with E-state index in [1.807, 2.05) is 24.5 Å². The molecule has 3 N–H and O–H groups in total. The normalized spacial score (nSPS) is 15.4. The second kappa shape index (κ2) is 7.41. The van der Waals surface area contributed by atoms with Gasteiger partial charge < -0.3 is 15.4 Å². The molecule has 0 bridgehead atoms. The van der Waals surface area contributed by atoms with E-state index in [1.54, 1.807) is 11.8 Å². The number of aromatic nitrogens is 1. The molecule has 0 unspecified atom stereocenters. The Morgan fingerprint density at radius 3 is 3.00 bits per heavy atom. The maximum atomic E-state index is 12.5. The second-order valence-electron chi connectivity index (χ2n) is 6.18. The van der Waals surface area contributed by atoms with Crippen LogP contribution in [-0.2, 0) is 12.8 Å². The third kappa shape index (κ3) is 3.56. The average molecular weight is 332 g/mol. The summed E-state index contributed by atoms with van der Waals surface area (Å²) >= 11 is 1.72. The van der Waals surface area contributed by atoms with Crippen LogP contribution in [0.25, 0.3) is 10.9 Å². The van der Waals surface area contributed by atoms with Gasteiger partial charge in [0.25, 0.3) is 5.91 Å². The molecule has 124 valence electrons. The Bertz CT molecular complexity index is 696. The van der Waals surface area contributed by atoms with Crippen LogP contribution < -0.4 is 5.32 Å². The van der Waals surface area contributed by atoms with E-state index in [0.29, 0.717) is 5.56 Å². The van der Waals surface area contributed by atoms with Crippen LogP contribution in [0.2, 0.25) is 0 Å². The lowest BCUT2D eigenvalue weighted by molar-refractivity contribution is 0.0915. The third-order valence-electron chi connectivity index (χ3n) is 4.59. The number of aliphatic hydroxyl groups is 1. The summed E-state index contributed by atoms with van der Waals surface area (Å²) < 4.78 is 0. The summed E-state index contributed by atoms with van der Waals surface area (Å²) in [6, 6.07) is 5.68. The minimum absolute atomic E-state index is 0.0197. The Morgan fingerprint density at radius 1 is 1.39 bits per heavy atom. The van der Waals surface area contributed by atoms with Crippen molar-refractivity contribution in [2.45, 2.75) is 38.1 Å². The zero-order valence-corrected chi connectivity index (χ0v) is 14.3. The minimum Gasteiger partial charge on any atom is -0.394 e. The second-order valence-corrected chi connectivity index (χ2v) is 7.17. The largest absolute Gasteiger partial charge is 0.394 e. The number of rotatable bonds is 6. The first-order valence-electron chi connectivity index (χ1n) is 8.27. The molecule has 0 saturated heterocycles. The lowest BCUT2D eigenvalue weighted by Gasteiger charge is -2.16. The molecule has 1 aliphatic rings. The molecule has 0 fully saturated rings. The van der Waals surface area contributed by atoms with Gasteiger partial charge in [0.2, 0.25) is 0 Å². The van der Waals surface area contributed by atoms with E-state index in [0.717, 1.165) is 30.5 Å². The van der Waals surface area contributed by atoms with Gasteiger partial charge in [0.1, 0.15) is 0 Å². The molecular weight excluding hydrogens is 308 g/mol. The van der Waals surface area contributed by atoms with Crippen molar-refractivity contribution in [3.63, 3.8) is 0 Å². The fourth-order valence-corrected chi connectivity index (χ4v) is 3.81. The molecule has 1 amide bonds. The number of carbonyl (C=O) groups is 1. The zero-order chi connectivity index (χ0) is 16.2. The number of thioether (sulfide) groups is 1. The van der Waals surface area contributed by atoms with Crippen LogP contribution in [0.5, 0.6) is 0 Å². The van der Waals surface area contributed by atoms with Crippen molar-refractivity contribution in [2.75, 3.05) is 18.6 Å². The van der Waals surface area contributed by atoms with Crippen LogP contribution in [0.1, 0.15) is 40.9 Å². The number of H-pyrrole nitrogens is 1. The number of hydrogen-bond acceptors (Lipinski definition) is 3. The summed E-state index contributed by atoms with van der Waals surface area (Å²) in [5, 5.41) is 13.5. The predicted octanol–water partition coefficient (Wildman–Crippen LogP) is 2.89. The van der Waals surface area contributed by atoms with Gasteiger partial charge in [0, 0.05) is 22.2 Å². The van der Waals surface area contributed by atoms with Gasteiger partial charge in [-0.3, -0.25) is 4.79 Å². The fraction of sp³-hybridized carbons (Fsp3) is 0.500. The van der Waals surface area contributed by atoms with Crippen LogP contribution in [0.3, 0.4) is 0 Å². The Labute approximate surface area is 141 Å². The highest BCUT2D eigenvalue weighted by molar-refractivity contribution is 7.98. The van der Waals surface area contributed by atoms with Crippen LogP contribution >= 0.6 is 11.8 Å². The Kier molecular flexibility index (Phi) is 5.28. The molecule has 1 aromatic heterocycles. The van der Waals surface area contributed by atoms with Crippen molar-refractivity contribution >= 4 is 28.6 Å². The van der Waals surface area contributed by atoms with E-state index in [9.17, 15) is 9.90 Å². The lowest BCUT2D eigenvalue weighted by atomic mass is 9.95. The molecule has 4 nitrogen and oxygen atoms in total. The van der Waals surface area contributed by atoms with Gasteiger partial charge >= 0.3 is 0 Å². The first-order valence-corrected chi connectivity index (χ1v) is 9.66. The van der Waals surface area contributed by atoms with Crippen molar-refractivity contribution in [1.29, 1.82) is 0 Å². The van der Waals surface area contributed by atoms with Crippen LogP contribution in [0, 0.1) is 0 Å². The summed E-state index contributed by atoms with van der Waals surface area (Å²) in [6.07, 6.45) is 7.46. The number of fused-ring (bicyclic) bond motifs is 3. The molecule has 0 spiro atoms. The van der Waals surface area contributed by atoms with Gasteiger partial charge in [-0.05, 0) is 67.9 Å². The van der Waals surface area contributed by atoms with Gasteiger partial charge in [-0.25, -0.2) is 0 Å². The minimum atomic E-state index is -0.175. The molecule has 2 aromatic rings. The first kappa shape index (κ1) is 16.4. The SMILES string of the molecule is CSCC[C@@H](CO)NC(=O)c1ccc2[nH]c3c(c2c1)CCCC3. The molecule has 0 radical (unpaired) electrons. The lowest BCUT2D eigenvalue weighted by Crippen LogP contribution is -2.37. The maximum Gasteiger partial charge on any atom is 0.251 e. The molecule has 1 heterocycles. The predicted molar refractivity (Wildman–Crippen MR) is 96.3 cm³/mol.